The number of aromatic nitrogens is 1. The average molecular weight is 367 g/mol. The van der Waals surface area contributed by atoms with E-state index < -0.39 is 29.2 Å². The van der Waals surface area contributed by atoms with Gasteiger partial charge in [-0.2, -0.15) is 13.2 Å². The van der Waals surface area contributed by atoms with Crippen LogP contribution < -0.4 is 5.32 Å². The van der Waals surface area contributed by atoms with Crippen molar-refractivity contribution >= 4 is 11.9 Å². The van der Waals surface area contributed by atoms with Crippen molar-refractivity contribution in [2.75, 3.05) is 0 Å². The van der Waals surface area contributed by atoms with Crippen molar-refractivity contribution in [2.24, 2.45) is 0 Å². The zero-order valence-corrected chi connectivity index (χ0v) is 14.3. The molecule has 6 nitrogen and oxygen atoms in total. The Morgan fingerprint density at radius 1 is 1.27 bits per heavy atom. The molecule has 0 spiro atoms. The van der Waals surface area contributed by atoms with E-state index in [0.717, 1.165) is 17.0 Å². The zero-order valence-electron chi connectivity index (χ0n) is 14.3. The van der Waals surface area contributed by atoms with E-state index >= 15 is 0 Å². The van der Waals surface area contributed by atoms with Crippen molar-refractivity contribution in [1.82, 2.24) is 15.2 Å². The second-order valence-electron chi connectivity index (χ2n) is 6.27. The molecule has 1 atom stereocenters. The molecule has 3 amide bonds. The molecule has 1 saturated heterocycles. The molecule has 1 aromatic carbocycles. The van der Waals surface area contributed by atoms with Crippen LogP contribution in [0.1, 0.15) is 35.4 Å². The third-order valence-corrected chi connectivity index (χ3v) is 4.41. The first-order valence-electron chi connectivity index (χ1n) is 7.77. The Morgan fingerprint density at radius 2 is 1.96 bits per heavy atom. The maximum atomic E-state index is 13.0. The van der Waals surface area contributed by atoms with Gasteiger partial charge >= 0.3 is 12.2 Å². The Morgan fingerprint density at radius 3 is 2.54 bits per heavy atom. The number of hydrogen-bond acceptors (Lipinski definition) is 4. The number of halogens is 3. The lowest BCUT2D eigenvalue weighted by Crippen LogP contribution is -2.41. The van der Waals surface area contributed by atoms with Gasteiger partial charge < -0.3 is 9.73 Å². The van der Waals surface area contributed by atoms with E-state index in [1.54, 1.807) is 13.8 Å². The predicted octanol–water partition coefficient (Wildman–Crippen LogP) is 3.28. The van der Waals surface area contributed by atoms with Crippen molar-refractivity contribution in [3.05, 3.63) is 52.7 Å². The number of carbonyl (C=O) groups is 2. The van der Waals surface area contributed by atoms with Gasteiger partial charge in [0.05, 0.1) is 11.3 Å². The number of nitrogens with zero attached hydrogens (tertiary/aromatic N) is 2. The van der Waals surface area contributed by atoms with Crippen LogP contribution in [0.5, 0.6) is 0 Å². The summed E-state index contributed by atoms with van der Waals surface area (Å²) in [5.41, 5.74) is -1.81. The van der Waals surface area contributed by atoms with Crippen LogP contribution in [0.3, 0.4) is 0 Å². The van der Waals surface area contributed by atoms with Gasteiger partial charge in [0.25, 0.3) is 5.91 Å². The number of amides is 3. The van der Waals surface area contributed by atoms with Crippen molar-refractivity contribution in [1.29, 1.82) is 0 Å². The first-order chi connectivity index (χ1) is 12.0. The van der Waals surface area contributed by atoms with Crippen LogP contribution in [0.2, 0.25) is 0 Å². The third-order valence-electron chi connectivity index (χ3n) is 4.41. The lowest BCUT2D eigenvalue weighted by molar-refractivity contribution is -0.138. The fraction of sp³-hybridized carbons (Fsp3) is 0.353. The van der Waals surface area contributed by atoms with E-state index in [1.165, 1.54) is 19.1 Å². The van der Waals surface area contributed by atoms with E-state index in [9.17, 15) is 22.8 Å². The van der Waals surface area contributed by atoms with Crippen LogP contribution >= 0.6 is 0 Å². The molecule has 1 fully saturated rings. The van der Waals surface area contributed by atoms with Crippen LogP contribution in [0.15, 0.2) is 28.7 Å². The third kappa shape index (κ3) is 2.93. The van der Waals surface area contributed by atoms with Crippen molar-refractivity contribution in [3.8, 4) is 0 Å². The standard InChI is InChI=1S/C17H16F3N3O3/c1-9-10(2)26-13(21-9)8-23-14(24)16(3,22-15(23)25)11-5-4-6-12(7-11)17(18,19)20/h4-7H,8H2,1-3H3,(H,22,25). The Labute approximate surface area is 147 Å². The number of carbonyl (C=O) groups excluding carboxylic acids is 2. The fourth-order valence-corrected chi connectivity index (χ4v) is 2.78. The Hall–Kier alpha value is -2.84. The molecule has 0 bridgehead atoms. The van der Waals surface area contributed by atoms with E-state index in [4.69, 9.17) is 4.42 Å². The SMILES string of the molecule is Cc1nc(CN2C(=O)NC(C)(c3cccc(C(F)(F)F)c3)C2=O)oc1C. The smallest absolute Gasteiger partial charge is 0.416 e. The minimum Gasteiger partial charge on any atom is -0.444 e. The molecule has 2 aromatic rings. The first-order valence-corrected chi connectivity index (χ1v) is 7.77. The van der Waals surface area contributed by atoms with E-state index in [-0.39, 0.29) is 18.0 Å². The summed E-state index contributed by atoms with van der Waals surface area (Å²) in [5.74, 6) is 0.0693. The molecule has 1 N–H and O–H groups in total. The van der Waals surface area contributed by atoms with Gasteiger partial charge in [-0.15, -0.1) is 0 Å². The van der Waals surface area contributed by atoms with Gasteiger partial charge in [-0.25, -0.2) is 9.78 Å². The molecule has 1 aromatic heterocycles. The molecular formula is C17H16F3N3O3. The fourth-order valence-electron chi connectivity index (χ4n) is 2.78. The summed E-state index contributed by atoms with van der Waals surface area (Å²) in [7, 11) is 0. The molecule has 1 aliphatic heterocycles. The van der Waals surface area contributed by atoms with Crippen molar-refractivity contribution < 1.29 is 27.2 Å². The summed E-state index contributed by atoms with van der Waals surface area (Å²) >= 11 is 0. The number of oxazole rings is 1. The summed E-state index contributed by atoms with van der Waals surface area (Å²) in [5, 5.41) is 2.47. The summed E-state index contributed by atoms with van der Waals surface area (Å²) in [6, 6.07) is 3.62. The van der Waals surface area contributed by atoms with Gasteiger partial charge in [0, 0.05) is 0 Å². The number of urea groups is 1. The summed E-state index contributed by atoms with van der Waals surface area (Å²) in [6.45, 7) is 4.59. The van der Waals surface area contributed by atoms with E-state index in [2.05, 4.69) is 10.3 Å². The average Bonchev–Trinajstić information content (AvgIpc) is 2.99. The lowest BCUT2D eigenvalue weighted by Gasteiger charge is -2.23. The number of imide groups is 1. The summed E-state index contributed by atoms with van der Waals surface area (Å²) in [4.78, 5) is 30.0. The van der Waals surface area contributed by atoms with Gasteiger partial charge in [-0.1, -0.05) is 12.1 Å². The Balaban J connectivity index is 1.92. The molecule has 1 unspecified atom stereocenters. The normalized spacial score (nSPS) is 20.6. The highest BCUT2D eigenvalue weighted by atomic mass is 19.4. The molecule has 2 heterocycles. The molecule has 3 rings (SSSR count). The highest BCUT2D eigenvalue weighted by Crippen LogP contribution is 2.35. The lowest BCUT2D eigenvalue weighted by atomic mass is 9.90. The second-order valence-corrected chi connectivity index (χ2v) is 6.27. The molecule has 9 heteroatoms. The minimum absolute atomic E-state index is 0.0490. The van der Waals surface area contributed by atoms with Crippen LogP contribution in [-0.2, 0) is 23.1 Å². The highest BCUT2D eigenvalue weighted by Gasteiger charge is 2.50. The second kappa shape index (κ2) is 5.86. The first kappa shape index (κ1) is 18.0. The number of benzene rings is 1. The topological polar surface area (TPSA) is 75.4 Å². The number of aryl methyl sites for hydroxylation is 2. The van der Waals surface area contributed by atoms with Crippen molar-refractivity contribution in [2.45, 2.75) is 39.0 Å². The van der Waals surface area contributed by atoms with Crippen LogP contribution in [0.25, 0.3) is 0 Å². The number of alkyl halides is 3. The van der Waals surface area contributed by atoms with Gasteiger partial charge in [0.2, 0.25) is 5.89 Å². The maximum absolute atomic E-state index is 13.0. The molecular weight excluding hydrogens is 351 g/mol. The molecule has 0 radical (unpaired) electrons. The molecule has 0 aliphatic carbocycles. The summed E-state index contributed by atoms with van der Waals surface area (Å²) in [6.07, 6.45) is -4.55. The largest absolute Gasteiger partial charge is 0.444 e. The highest BCUT2D eigenvalue weighted by molar-refractivity contribution is 6.07. The van der Waals surface area contributed by atoms with E-state index in [0.29, 0.717) is 11.5 Å². The van der Waals surface area contributed by atoms with Crippen LogP contribution in [0.4, 0.5) is 18.0 Å². The number of hydrogen-bond donors (Lipinski definition) is 1. The number of nitrogens with one attached hydrogen (secondary N) is 1. The minimum atomic E-state index is -4.55. The van der Waals surface area contributed by atoms with Gasteiger partial charge in [-0.3, -0.25) is 9.69 Å². The zero-order chi connectivity index (χ0) is 19.3. The predicted molar refractivity (Wildman–Crippen MR) is 83.9 cm³/mol. The van der Waals surface area contributed by atoms with Gasteiger partial charge in [-0.05, 0) is 38.5 Å². The van der Waals surface area contributed by atoms with Crippen molar-refractivity contribution in [3.63, 3.8) is 0 Å². The monoisotopic (exact) mass is 367 g/mol. The summed E-state index contributed by atoms with van der Waals surface area (Å²) < 4.78 is 44.2. The molecule has 0 saturated carbocycles. The maximum Gasteiger partial charge on any atom is 0.416 e. The van der Waals surface area contributed by atoms with Crippen LogP contribution in [-0.4, -0.2) is 21.8 Å². The van der Waals surface area contributed by atoms with E-state index in [1.807, 2.05) is 0 Å². The Kier molecular flexibility index (Phi) is 4.05. The molecule has 26 heavy (non-hydrogen) atoms. The molecule has 1 aliphatic rings. The Bertz CT molecular complexity index is 871. The van der Waals surface area contributed by atoms with Gasteiger partial charge in [0.1, 0.15) is 17.8 Å². The quantitative estimate of drug-likeness (QED) is 0.845. The van der Waals surface area contributed by atoms with Gasteiger partial charge in [0.15, 0.2) is 0 Å². The number of rotatable bonds is 3. The van der Waals surface area contributed by atoms with Crippen LogP contribution in [0, 0.1) is 13.8 Å². The molecule has 138 valence electrons.